The number of nitrogens with one attached hydrogen (secondary N) is 1. The Morgan fingerprint density at radius 2 is 2.18 bits per heavy atom. The van der Waals surface area contributed by atoms with Crippen molar-refractivity contribution in [2.45, 2.75) is 26.3 Å². The van der Waals surface area contributed by atoms with E-state index in [2.05, 4.69) is 48.5 Å². The van der Waals surface area contributed by atoms with Gasteiger partial charge in [0, 0.05) is 31.0 Å². The minimum atomic E-state index is 0.565. The molecule has 90 valence electrons. The van der Waals surface area contributed by atoms with Gasteiger partial charge in [-0.2, -0.15) is 5.10 Å². The summed E-state index contributed by atoms with van der Waals surface area (Å²) in [6.45, 7) is 5.23. The number of rotatable bonds is 4. The van der Waals surface area contributed by atoms with Crippen LogP contribution in [0.4, 0.5) is 5.69 Å². The lowest BCUT2D eigenvalue weighted by atomic mass is 10.0. The van der Waals surface area contributed by atoms with Crippen molar-refractivity contribution >= 4 is 5.69 Å². The summed E-state index contributed by atoms with van der Waals surface area (Å²) in [5, 5.41) is 7.57. The summed E-state index contributed by atoms with van der Waals surface area (Å²) in [5.41, 5.74) is 3.73. The fourth-order valence-corrected chi connectivity index (χ4v) is 1.78. The molecule has 2 aromatic rings. The van der Waals surface area contributed by atoms with Crippen LogP contribution in [-0.2, 0) is 13.6 Å². The van der Waals surface area contributed by atoms with Crippen LogP contribution in [-0.4, -0.2) is 9.78 Å². The SMILES string of the molecule is CC(C)c1cccc(NCc2cnn(C)c2)c1. The minimum Gasteiger partial charge on any atom is -0.381 e. The predicted molar refractivity (Wildman–Crippen MR) is 71.1 cm³/mol. The standard InChI is InChI=1S/C14H19N3/c1-11(2)13-5-4-6-14(7-13)15-8-12-9-16-17(3)10-12/h4-7,9-11,15H,8H2,1-3H3. The molecule has 17 heavy (non-hydrogen) atoms. The van der Waals surface area contributed by atoms with Crippen LogP contribution in [0.2, 0.25) is 0 Å². The van der Waals surface area contributed by atoms with E-state index in [0.717, 1.165) is 6.54 Å². The molecular weight excluding hydrogens is 210 g/mol. The highest BCUT2D eigenvalue weighted by molar-refractivity contribution is 5.46. The number of benzene rings is 1. The molecule has 0 unspecified atom stereocenters. The van der Waals surface area contributed by atoms with Crippen LogP contribution in [0.15, 0.2) is 36.7 Å². The highest BCUT2D eigenvalue weighted by Crippen LogP contribution is 2.18. The largest absolute Gasteiger partial charge is 0.381 e. The maximum Gasteiger partial charge on any atom is 0.0539 e. The van der Waals surface area contributed by atoms with Crippen molar-refractivity contribution in [3.8, 4) is 0 Å². The second-order valence-electron chi connectivity index (χ2n) is 4.66. The number of aromatic nitrogens is 2. The molecule has 0 aliphatic heterocycles. The number of aryl methyl sites for hydroxylation is 1. The summed E-state index contributed by atoms with van der Waals surface area (Å²) < 4.78 is 1.82. The van der Waals surface area contributed by atoms with Crippen LogP contribution in [0.5, 0.6) is 0 Å². The molecule has 0 aliphatic carbocycles. The lowest BCUT2D eigenvalue weighted by molar-refractivity contribution is 0.767. The van der Waals surface area contributed by atoms with Crippen molar-refractivity contribution in [3.05, 3.63) is 47.8 Å². The smallest absolute Gasteiger partial charge is 0.0539 e. The van der Waals surface area contributed by atoms with Gasteiger partial charge in [0.25, 0.3) is 0 Å². The van der Waals surface area contributed by atoms with Crippen molar-refractivity contribution in [3.63, 3.8) is 0 Å². The first-order valence-electron chi connectivity index (χ1n) is 5.96. The van der Waals surface area contributed by atoms with Crippen LogP contribution in [0.1, 0.15) is 30.9 Å². The average molecular weight is 229 g/mol. The fourth-order valence-electron chi connectivity index (χ4n) is 1.78. The highest BCUT2D eigenvalue weighted by atomic mass is 15.2. The van der Waals surface area contributed by atoms with E-state index in [0.29, 0.717) is 5.92 Å². The van der Waals surface area contributed by atoms with Crippen molar-refractivity contribution in [2.24, 2.45) is 7.05 Å². The van der Waals surface area contributed by atoms with Gasteiger partial charge in [0.1, 0.15) is 0 Å². The molecule has 0 radical (unpaired) electrons. The molecule has 3 nitrogen and oxygen atoms in total. The van der Waals surface area contributed by atoms with Gasteiger partial charge in [-0.1, -0.05) is 26.0 Å². The van der Waals surface area contributed by atoms with Gasteiger partial charge in [0.2, 0.25) is 0 Å². The van der Waals surface area contributed by atoms with E-state index in [1.165, 1.54) is 16.8 Å². The number of nitrogens with zero attached hydrogens (tertiary/aromatic N) is 2. The lowest BCUT2D eigenvalue weighted by Gasteiger charge is -2.09. The minimum absolute atomic E-state index is 0.565. The van der Waals surface area contributed by atoms with Crippen molar-refractivity contribution < 1.29 is 0 Å². The molecule has 3 heteroatoms. The molecule has 0 saturated heterocycles. The maximum absolute atomic E-state index is 4.15. The van der Waals surface area contributed by atoms with Gasteiger partial charge in [0.15, 0.2) is 0 Å². The first-order chi connectivity index (χ1) is 8.15. The summed E-state index contributed by atoms with van der Waals surface area (Å²) in [4.78, 5) is 0. The molecule has 1 heterocycles. The third-order valence-corrected chi connectivity index (χ3v) is 2.81. The van der Waals surface area contributed by atoms with E-state index < -0.39 is 0 Å². The Morgan fingerprint density at radius 1 is 1.35 bits per heavy atom. The van der Waals surface area contributed by atoms with E-state index in [-0.39, 0.29) is 0 Å². The quantitative estimate of drug-likeness (QED) is 0.872. The van der Waals surface area contributed by atoms with Gasteiger partial charge in [0.05, 0.1) is 6.20 Å². The highest BCUT2D eigenvalue weighted by Gasteiger charge is 2.00. The van der Waals surface area contributed by atoms with Crippen LogP contribution in [0, 0.1) is 0 Å². The first kappa shape index (κ1) is 11.7. The van der Waals surface area contributed by atoms with Crippen LogP contribution in [0.25, 0.3) is 0 Å². The van der Waals surface area contributed by atoms with Gasteiger partial charge in [-0.25, -0.2) is 0 Å². The second kappa shape index (κ2) is 5.04. The topological polar surface area (TPSA) is 29.9 Å². The molecule has 0 amide bonds. The van der Waals surface area contributed by atoms with Gasteiger partial charge in [-0.3, -0.25) is 4.68 Å². The van der Waals surface area contributed by atoms with Crippen LogP contribution in [0.3, 0.4) is 0 Å². The summed E-state index contributed by atoms with van der Waals surface area (Å²) in [5.74, 6) is 0.565. The zero-order valence-corrected chi connectivity index (χ0v) is 10.6. The van der Waals surface area contributed by atoms with Crippen molar-refractivity contribution in [1.82, 2.24) is 9.78 Å². The summed E-state index contributed by atoms with van der Waals surface area (Å²) in [6, 6.07) is 8.57. The summed E-state index contributed by atoms with van der Waals surface area (Å²) in [6.07, 6.45) is 3.92. The molecule has 0 aliphatic rings. The molecule has 0 spiro atoms. The Morgan fingerprint density at radius 3 is 2.82 bits per heavy atom. The molecule has 0 atom stereocenters. The Labute approximate surface area is 102 Å². The first-order valence-corrected chi connectivity index (χ1v) is 5.96. The van der Waals surface area contributed by atoms with E-state index in [9.17, 15) is 0 Å². The fraction of sp³-hybridized carbons (Fsp3) is 0.357. The molecule has 0 saturated carbocycles. The zero-order chi connectivity index (χ0) is 12.3. The molecule has 1 N–H and O–H groups in total. The Kier molecular flexibility index (Phi) is 3.47. The maximum atomic E-state index is 4.15. The molecule has 1 aromatic heterocycles. The molecule has 2 rings (SSSR count). The Balaban J connectivity index is 2.01. The summed E-state index contributed by atoms with van der Waals surface area (Å²) in [7, 11) is 1.93. The molecule has 0 fully saturated rings. The van der Waals surface area contributed by atoms with Crippen molar-refractivity contribution in [2.75, 3.05) is 5.32 Å². The van der Waals surface area contributed by atoms with Crippen LogP contribution < -0.4 is 5.32 Å². The van der Waals surface area contributed by atoms with E-state index >= 15 is 0 Å². The van der Waals surface area contributed by atoms with Crippen molar-refractivity contribution in [1.29, 1.82) is 0 Å². The average Bonchev–Trinajstić information content (AvgIpc) is 2.73. The van der Waals surface area contributed by atoms with Crippen LogP contribution >= 0.6 is 0 Å². The van der Waals surface area contributed by atoms with E-state index in [1.54, 1.807) is 0 Å². The third kappa shape index (κ3) is 3.09. The number of hydrogen-bond acceptors (Lipinski definition) is 2. The molecule has 1 aromatic carbocycles. The number of hydrogen-bond donors (Lipinski definition) is 1. The second-order valence-corrected chi connectivity index (χ2v) is 4.66. The van der Waals surface area contributed by atoms with Gasteiger partial charge in [-0.15, -0.1) is 0 Å². The zero-order valence-electron chi connectivity index (χ0n) is 10.6. The lowest BCUT2D eigenvalue weighted by Crippen LogP contribution is -1.99. The third-order valence-electron chi connectivity index (χ3n) is 2.81. The predicted octanol–water partition coefficient (Wildman–Crippen LogP) is 3.16. The molecule has 0 bridgehead atoms. The molecular formula is C14H19N3. The van der Waals surface area contributed by atoms with E-state index in [4.69, 9.17) is 0 Å². The van der Waals surface area contributed by atoms with Gasteiger partial charge in [-0.05, 0) is 23.6 Å². The van der Waals surface area contributed by atoms with E-state index in [1.807, 2.05) is 24.1 Å². The normalized spacial score (nSPS) is 10.8. The monoisotopic (exact) mass is 229 g/mol. The Bertz CT molecular complexity index is 486. The van der Waals surface area contributed by atoms with Gasteiger partial charge < -0.3 is 5.32 Å². The van der Waals surface area contributed by atoms with Gasteiger partial charge >= 0.3 is 0 Å². The number of anilines is 1. The summed E-state index contributed by atoms with van der Waals surface area (Å²) >= 11 is 0. The Hall–Kier alpha value is -1.77.